The number of nitriles is 1. The highest BCUT2D eigenvalue weighted by Crippen LogP contribution is 2.29. The number of rotatable bonds is 4. The first-order valence-corrected chi connectivity index (χ1v) is 11.7. The van der Waals surface area contributed by atoms with Crippen LogP contribution in [0.25, 0.3) is 22.4 Å². The molecular formula is C23H24N4O3S. The second-order valence-corrected chi connectivity index (χ2v) is 9.69. The van der Waals surface area contributed by atoms with E-state index in [1.807, 2.05) is 37.3 Å². The number of hydrogen-bond acceptors (Lipinski definition) is 5. The monoisotopic (exact) mass is 436 g/mol. The molecule has 2 heterocycles. The SMILES string of the molecule is C[C@H]1CCCCN1S(=O)(=O)c1ccc(C(O)=C(C#N)c2nc3ccccc3n2C)cc1. The fourth-order valence-electron chi connectivity index (χ4n) is 4.07. The van der Waals surface area contributed by atoms with Crippen LogP contribution in [0.5, 0.6) is 0 Å². The minimum atomic E-state index is -3.60. The van der Waals surface area contributed by atoms with E-state index in [1.165, 1.54) is 24.3 Å². The van der Waals surface area contributed by atoms with Crippen molar-refractivity contribution in [3.8, 4) is 6.07 Å². The average Bonchev–Trinajstić information content (AvgIpc) is 3.11. The van der Waals surface area contributed by atoms with Crippen molar-refractivity contribution in [2.24, 2.45) is 7.05 Å². The van der Waals surface area contributed by atoms with Gasteiger partial charge in [0.2, 0.25) is 10.0 Å². The highest BCUT2D eigenvalue weighted by molar-refractivity contribution is 7.89. The molecule has 8 heteroatoms. The van der Waals surface area contributed by atoms with Gasteiger partial charge in [0.25, 0.3) is 0 Å². The number of benzene rings is 2. The number of aliphatic hydroxyl groups is 1. The number of fused-ring (bicyclic) bond motifs is 1. The molecule has 1 atom stereocenters. The van der Waals surface area contributed by atoms with Crippen molar-refractivity contribution in [1.29, 1.82) is 5.26 Å². The zero-order chi connectivity index (χ0) is 22.2. The van der Waals surface area contributed by atoms with E-state index < -0.39 is 10.0 Å². The van der Waals surface area contributed by atoms with Gasteiger partial charge < -0.3 is 9.67 Å². The van der Waals surface area contributed by atoms with Gasteiger partial charge in [-0.3, -0.25) is 0 Å². The van der Waals surface area contributed by atoms with Gasteiger partial charge in [-0.2, -0.15) is 9.57 Å². The Morgan fingerprint density at radius 3 is 2.52 bits per heavy atom. The molecule has 0 bridgehead atoms. The summed E-state index contributed by atoms with van der Waals surface area (Å²) in [4.78, 5) is 4.66. The van der Waals surface area contributed by atoms with Gasteiger partial charge >= 0.3 is 0 Å². The van der Waals surface area contributed by atoms with Crippen LogP contribution in [-0.2, 0) is 17.1 Å². The quantitative estimate of drug-likeness (QED) is 0.491. The Bertz CT molecular complexity index is 1300. The number of sulfonamides is 1. The van der Waals surface area contributed by atoms with Gasteiger partial charge in [-0.05, 0) is 56.2 Å². The van der Waals surface area contributed by atoms with Gasteiger partial charge in [0.15, 0.2) is 5.82 Å². The Labute approximate surface area is 181 Å². The van der Waals surface area contributed by atoms with E-state index in [2.05, 4.69) is 4.98 Å². The summed E-state index contributed by atoms with van der Waals surface area (Å²) >= 11 is 0. The van der Waals surface area contributed by atoms with Crippen LogP contribution in [0.15, 0.2) is 53.4 Å². The van der Waals surface area contributed by atoms with Crippen molar-refractivity contribution in [3.05, 3.63) is 59.9 Å². The van der Waals surface area contributed by atoms with Gasteiger partial charge in [-0.1, -0.05) is 18.6 Å². The first-order valence-electron chi connectivity index (χ1n) is 10.2. The lowest BCUT2D eigenvalue weighted by Gasteiger charge is -2.32. The molecule has 160 valence electrons. The van der Waals surface area contributed by atoms with E-state index in [-0.39, 0.29) is 22.3 Å². The summed E-state index contributed by atoms with van der Waals surface area (Å²) in [5.41, 5.74) is 1.95. The van der Waals surface area contributed by atoms with E-state index in [0.29, 0.717) is 17.9 Å². The molecule has 2 aromatic carbocycles. The van der Waals surface area contributed by atoms with Crippen molar-refractivity contribution in [2.45, 2.75) is 37.1 Å². The lowest BCUT2D eigenvalue weighted by atomic mass is 10.1. The minimum absolute atomic E-state index is 0.0268. The Kier molecular flexibility index (Phi) is 5.56. The van der Waals surface area contributed by atoms with Crippen molar-refractivity contribution in [1.82, 2.24) is 13.9 Å². The summed E-state index contributed by atoms with van der Waals surface area (Å²) in [5, 5.41) is 20.5. The molecular weight excluding hydrogens is 412 g/mol. The molecule has 1 N–H and O–H groups in total. The number of allylic oxidation sites excluding steroid dienone is 1. The molecule has 31 heavy (non-hydrogen) atoms. The summed E-state index contributed by atoms with van der Waals surface area (Å²) in [6.07, 6.45) is 2.74. The molecule has 1 saturated heterocycles. The number of nitrogens with zero attached hydrogens (tertiary/aromatic N) is 4. The summed E-state index contributed by atoms with van der Waals surface area (Å²) in [7, 11) is -1.82. The molecule has 1 aliphatic heterocycles. The molecule has 1 aliphatic rings. The molecule has 0 saturated carbocycles. The third-order valence-corrected chi connectivity index (χ3v) is 7.86. The van der Waals surface area contributed by atoms with Crippen LogP contribution >= 0.6 is 0 Å². The van der Waals surface area contributed by atoms with Gasteiger partial charge in [-0.25, -0.2) is 13.4 Å². The standard InChI is InChI=1S/C23H24N4O3S/c1-16-7-5-6-14-27(16)31(29,30)18-12-10-17(11-13-18)22(28)19(15-24)23-25-20-8-3-4-9-21(20)26(23)2/h3-4,8-13,16,28H,5-7,14H2,1-2H3/t16-/m0/s1. The fraction of sp³-hybridized carbons (Fsp3) is 0.304. The van der Waals surface area contributed by atoms with Crippen LogP contribution in [0, 0.1) is 11.3 Å². The number of hydrogen-bond donors (Lipinski definition) is 1. The second kappa shape index (κ2) is 8.17. The van der Waals surface area contributed by atoms with Crippen LogP contribution in [0.1, 0.15) is 37.6 Å². The molecule has 0 spiro atoms. The Balaban J connectivity index is 1.71. The molecule has 0 radical (unpaired) electrons. The summed E-state index contributed by atoms with van der Waals surface area (Å²) < 4.78 is 29.3. The van der Waals surface area contributed by atoms with E-state index in [9.17, 15) is 18.8 Å². The number of piperidine rings is 1. The van der Waals surface area contributed by atoms with Gasteiger partial charge in [0.05, 0.1) is 15.9 Å². The fourth-order valence-corrected chi connectivity index (χ4v) is 5.77. The predicted octanol–water partition coefficient (Wildman–Crippen LogP) is 4.09. The topological polar surface area (TPSA) is 99.2 Å². The van der Waals surface area contributed by atoms with Crippen LogP contribution in [0.3, 0.4) is 0 Å². The number of aliphatic hydroxyl groups excluding tert-OH is 1. The molecule has 3 aromatic rings. The minimum Gasteiger partial charge on any atom is -0.506 e. The summed E-state index contributed by atoms with van der Waals surface area (Å²) in [5.74, 6) is 0.108. The molecule has 1 aromatic heterocycles. The van der Waals surface area contributed by atoms with Gasteiger partial charge in [-0.15, -0.1) is 0 Å². The lowest BCUT2D eigenvalue weighted by Crippen LogP contribution is -2.41. The zero-order valence-corrected chi connectivity index (χ0v) is 18.3. The number of aryl methyl sites for hydroxylation is 1. The highest BCUT2D eigenvalue weighted by Gasteiger charge is 2.31. The molecule has 7 nitrogen and oxygen atoms in total. The maximum absolute atomic E-state index is 13.0. The van der Waals surface area contributed by atoms with Gasteiger partial charge in [0, 0.05) is 25.2 Å². The first-order chi connectivity index (χ1) is 14.8. The largest absolute Gasteiger partial charge is 0.506 e. The normalized spacial score (nSPS) is 18.5. The van der Waals surface area contributed by atoms with Gasteiger partial charge in [0.1, 0.15) is 17.4 Å². The highest BCUT2D eigenvalue weighted by atomic mass is 32.2. The molecule has 0 aliphatic carbocycles. The molecule has 1 fully saturated rings. The second-order valence-electron chi connectivity index (χ2n) is 7.80. The number of para-hydroxylation sites is 2. The molecule has 0 amide bonds. The smallest absolute Gasteiger partial charge is 0.243 e. The zero-order valence-electron chi connectivity index (χ0n) is 17.5. The van der Waals surface area contributed by atoms with E-state index in [1.54, 1.807) is 15.9 Å². The van der Waals surface area contributed by atoms with E-state index in [0.717, 1.165) is 30.3 Å². The number of imidazole rings is 1. The molecule has 4 rings (SSSR count). The predicted molar refractivity (Wildman–Crippen MR) is 119 cm³/mol. The maximum Gasteiger partial charge on any atom is 0.243 e. The Morgan fingerprint density at radius 2 is 1.87 bits per heavy atom. The number of aromatic nitrogens is 2. The Morgan fingerprint density at radius 1 is 1.16 bits per heavy atom. The van der Waals surface area contributed by atoms with Crippen LogP contribution in [-0.4, -0.2) is 40.0 Å². The maximum atomic E-state index is 13.0. The van der Waals surface area contributed by atoms with Crippen molar-refractivity contribution in [2.75, 3.05) is 6.54 Å². The summed E-state index contributed by atoms with van der Waals surface area (Å²) in [6, 6.07) is 15.5. The van der Waals surface area contributed by atoms with Crippen molar-refractivity contribution >= 4 is 32.4 Å². The van der Waals surface area contributed by atoms with Crippen LogP contribution < -0.4 is 0 Å². The van der Waals surface area contributed by atoms with Crippen molar-refractivity contribution in [3.63, 3.8) is 0 Å². The third-order valence-electron chi connectivity index (χ3n) is 5.84. The third kappa shape index (κ3) is 3.71. The first kappa shape index (κ1) is 21.1. The summed E-state index contributed by atoms with van der Waals surface area (Å²) in [6.45, 7) is 2.44. The van der Waals surface area contributed by atoms with E-state index in [4.69, 9.17) is 0 Å². The molecule has 0 unspecified atom stereocenters. The van der Waals surface area contributed by atoms with Crippen LogP contribution in [0.2, 0.25) is 0 Å². The Hall–Kier alpha value is -3.15. The lowest BCUT2D eigenvalue weighted by molar-refractivity contribution is 0.268. The van der Waals surface area contributed by atoms with E-state index >= 15 is 0 Å². The average molecular weight is 437 g/mol. The van der Waals surface area contributed by atoms with Crippen LogP contribution in [0.4, 0.5) is 0 Å². The van der Waals surface area contributed by atoms with Crippen molar-refractivity contribution < 1.29 is 13.5 Å².